The van der Waals surface area contributed by atoms with Crippen molar-refractivity contribution in [2.45, 2.75) is 11.4 Å². The van der Waals surface area contributed by atoms with Gasteiger partial charge < -0.3 is 14.4 Å². The van der Waals surface area contributed by atoms with Gasteiger partial charge in [0.1, 0.15) is 19.0 Å². The number of anilines is 1. The van der Waals surface area contributed by atoms with Gasteiger partial charge in [0.15, 0.2) is 11.5 Å². The van der Waals surface area contributed by atoms with Gasteiger partial charge in [0.05, 0.1) is 10.6 Å². The first-order chi connectivity index (χ1) is 15.3. The van der Waals surface area contributed by atoms with Crippen molar-refractivity contribution in [3.05, 3.63) is 83.7 Å². The fourth-order valence-electron chi connectivity index (χ4n) is 3.28. The molecule has 166 valence electrons. The zero-order valence-electron chi connectivity index (χ0n) is 17.2. The highest BCUT2D eigenvalue weighted by Gasteiger charge is 2.19. The molecule has 1 N–H and O–H groups in total. The third-order valence-electron chi connectivity index (χ3n) is 4.90. The lowest BCUT2D eigenvalue weighted by Crippen LogP contribution is -2.26. The van der Waals surface area contributed by atoms with Crippen LogP contribution in [-0.2, 0) is 16.6 Å². The Morgan fingerprint density at radius 3 is 2.41 bits per heavy atom. The number of halogens is 1. The van der Waals surface area contributed by atoms with E-state index in [0.29, 0.717) is 36.8 Å². The number of nitrogens with one attached hydrogen (secondary N) is 1. The van der Waals surface area contributed by atoms with E-state index < -0.39 is 15.8 Å². The van der Waals surface area contributed by atoms with Gasteiger partial charge >= 0.3 is 0 Å². The smallest absolute Gasteiger partial charge is 0.261 e. The Labute approximate surface area is 185 Å². The molecule has 1 heterocycles. The molecular weight excluding hydrogens is 435 g/mol. The topological polar surface area (TPSA) is 84.9 Å². The molecule has 0 saturated carbocycles. The number of ether oxygens (including phenoxy) is 2. The van der Waals surface area contributed by atoms with Crippen LogP contribution in [0.3, 0.4) is 0 Å². The van der Waals surface area contributed by atoms with Crippen LogP contribution < -0.4 is 14.2 Å². The summed E-state index contributed by atoms with van der Waals surface area (Å²) in [6, 6.07) is 16.5. The van der Waals surface area contributed by atoms with Gasteiger partial charge in [0, 0.05) is 19.2 Å². The fourth-order valence-corrected chi connectivity index (χ4v) is 4.34. The fraction of sp³-hybridized carbons (Fsp3) is 0.174. The molecule has 0 radical (unpaired) electrons. The molecule has 32 heavy (non-hydrogen) atoms. The Bertz CT molecular complexity index is 1250. The number of carbonyl (C=O) groups is 1. The predicted octanol–water partition coefficient (Wildman–Crippen LogP) is 3.67. The van der Waals surface area contributed by atoms with Crippen LogP contribution in [0, 0.1) is 5.82 Å². The highest BCUT2D eigenvalue weighted by atomic mass is 32.2. The Balaban J connectivity index is 1.45. The highest BCUT2D eigenvalue weighted by molar-refractivity contribution is 7.92. The average molecular weight is 456 g/mol. The summed E-state index contributed by atoms with van der Waals surface area (Å²) < 4.78 is 52.1. The van der Waals surface area contributed by atoms with Gasteiger partial charge in [-0.3, -0.25) is 9.52 Å². The standard InChI is InChI=1S/C23H21FN2O5S/c1-26(15-16-6-11-21-22(14-16)31-13-12-30-21)23(27)17-7-9-18(10-8-17)32(28,29)25-20-5-3-2-4-19(20)24/h2-11,14,25H,12-13,15H2,1H3. The number of carbonyl (C=O) groups excluding carboxylic acids is 1. The monoisotopic (exact) mass is 456 g/mol. The maximum atomic E-state index is 13.8. The lowest BCUT2D eigenvalue weighted by molar-refractivity contribution is 0.0784. The maximum Gasteiger partial charge on any atom is 0.261 e. The molecule has 7 nitrogen and oxygen atoms in total. The third kappa shape index (κ3) is 4.67. The van der Waals surface area contributed by atoms with Crippen LogP contribution in [0.25, 0.3) is 0 Å². The number of benzene rings is 3. The molecule has 0 aliphatic carbocycles. The molecular formula is C23H21FN2O5S. The summed E-state index contributed by atoms with van der Waals surface area (Å²) in [5.41, 5.74) is 1.06. The van der Waals surface area contributed by atoms with Gasteiger partial charge in [-0.15, -0.1) is 0 Å². The van der Waals surface area contributed by atoms with E-state index in [4.69, 9.17) is 9.47 Å². The van der Waals surface area contributed by atoms with Gasteiger partial charge in [-0.1, -0.05) is 18.2 Å². The molecule has 4 rings (SSSR count). The minimum atomic E-state index is -4.00. The Hall–Kier alpha value is -3.59. The molecule has 0 fully saturated rings. The molecule has 9 heteroatoms. The Morgan fingerprint density at radius 1 is 1.00 bits per heavy atom. The van der Waals surface area contributed by atoms with E-state index >= 15 is 0 Å². The number of amides is 1. The van der Waals surface area contributed by atoms with E-state index in [2.05, 4.69) is 4.72 Å². The first kappa shape index (κ1) is 21.6. The molecule has 3 aromatic rings. The molecule has 0 saturated heterocycles. The van der Waals surface area contributed by atoms with E-state index in [1.807, 2.05) is 18.2 Å². The molecule has 0 unspecified atom stereocenters. The lowest BCUT2D eigenvalue weighted by atomic mass is 10.1. The van der Waals surface area contributed by atoms with Gasteiger partial charge in [-0.05, 0) is 54.1 Å². The first-order valence-electron chi connectivity index (χ1n) is 9.85. The quantitative estimate of drug-likeness (QED) is 0.612. The van der Waals surface area contributed by atoms with E-state index in [-0.39, 0.29) is 16.5 Å². The predicted molar refractivity (Wildman–Crippen MR) is 117 cm³/mol. The second-order valence-corrected chi connectivity index (χ2v) is 8.93. The first-order valence-corrected chi connectivity index (χ1v) is 11.3. The van der Waals surface area contributed by atoms with Crippen LogP contribution in [-0.4, -0.2) is 39.5 Å². The van der Waals surface area contributed by atoms with Crippen molar-refractivity contribution in [3.8, 4) is 11.5 Å². The van der Waals surface area contributed by atoms with Crippen molar-refractivity contribution in [1.29, 1.82) is 0 Å². The number of nitrogens with zero attached hydrogens (tertiary/aromatic N) is 1. The second kappa shape index (κ2) is 8.88. The minimum Gasteiger partial charge on any atom is -0.486 e. The summed E-state index contributed by atoms with van der Waals surface area (Å²) in [5.74, 6) is 0.371. The highest BCUT2D eigenvalue weighted by Crippen LogP contribution is 2.31. The van der Waals surface area contributed by atoms with Crippen LogP contribution in [0.2, 0.25) is 0 Å². The molecule has 1 aliphatic heterocycles. The molecule has 0 atom stereocenters. The SMILES string of the molecule is CN(Cc1ccc2c(c1)OCCO2)C(=O)c1ccc(S(=O)(=O)Nc2ccccc2F)cc1. The van der Waals surface area contributed by atoms with Gasteiger partial charge in [-0.25, -0.2) is 12.8 Å². The van der Waals surface area contributed by atoms with E-state index in [9.17, 15) is 17.6 Å². The number of fused-ring (bicyclic) bond motifs is 1. The maximum absolute atomic E-state index is 13.8. The molecule has 1 aliphatic rings. The largest absolute Gasteiger partial charge is 0.486 e. The average Bonchev–Trinajstić information content (AvgIpc) is 2.80. The number of para-hydroxylation sites is 1. The van der Waals surface area contributed by atoms with E-state index in [0.717, 1.165) is 11.6 Å². The Morgan fingerprint density at radius 2 is 1.69 bits per heavy atom. The van der Waals surface area contributed by atoms with E-state index in [1.165, 1.54) is 47.4 Å². The van der Waals surface area contributed by atoms with E-state index in [1.54, 1.807) is 7.05 Å². The second-order valence-electron chi connectivity index (χ2n) is 7.25. The summed E-state index contributed by atoms with van der Waals surface area (Å²) in [6.45, 7) is 1.32. The van der Waals surface area contributed by atoms with Crippen LogP contribution in [0.4, 0.5) is 10.1 Å². The number of hydrogen-bond acceptors (Lipinski definition) is 5. The number of sulfonamides is 1. The van der Waals surface area contributed by atoms with Crippen LogP contribution in [0.5, 0.6) is 11.5 Å². The van der Waals surface area contributed by atoms with Gasteiger partial charge in [-0.2, -0.15) is 0 Å². The summed E-state index contributed by atoms with van der Waals surface area (Å²) in [6.07, 6.45) is 0. The van der Waals surface area contributed by atoms with Gasteiger partial charge in [0.25, 0.3) is 15.9 Å². The van der Waals surface area contributed by atoms with Crippen molar-refractivity contribution in [1.82, 2.24) is 4.90 Å². The van der Waals surface area contributed by atoms with Crippen LogP contribution in [0.15, 0.2) is 71.6 Å². The van der Waals surface area contributed by atoms with Crippen LogP contribution >= 0.6 is 0 Å². The Kier molecular flexibility index (Phi) is 6.00. The molecule has 1 amide bonds. The molecule has 0 aromatic heterocycles. The lowest BCUT2D eigenvalue weighted by Gasteiger charge is -2.21. The summed E-state index contributed by atoms with van der Waals surface area (Å²) in [7, 11) is -2.34. The van der Waals surface area contributed by atoms with Crippen LogP contribution in [0.1, 0.15) is 15.9 Å². The zero-order valence-corrected chi connectivity index (χ0v) is 18.1. The number of hydrogen-bond donors (Lipinski definition) is 1. The van der Waals surface area contributed by atoms with Crippen molar-refractivity contribution in [2.24, 2.45) is 0 Å². The minimum absolute atomic E-state index is 0.0770. The van der Waals surface area contributed by atoms with Crippen molar-refractivity contribution >= 4 is 21.6 Å². The molecule has 0 spiro atoms. The third-order valence-corrected chi connectivity index (χ3v) is 6.28. The summed E-state index contributed by atoms with van der Waals surface area (Å²) in [4.78, 5) is 14.2. The van der Waals surface area contributed by atoms with Crippen molar-refractivity contribution in [3.63, 3.8) is 0 Å². The number of rotatable bonds is 6. The van der Waals surface area contributed by atoms with Crippen molar-refractivity contribution < 1.29 is 27.1 Å². The van der Waals surface area contributed by atoms with Gasteiger partial charge in [0.2, 0.25) is 0 Å². The molecule has 3 aromatic carbocycles. The van der Waals surface area contributed by atoms with Crippen molar-refractivity contribution in [2.75, 3.05) is 25.0 Å². The zero-order chi connectivity index (χ0) is 22.7. The summed E-state index contributed by atoms with van der Waals surface area (Å²) >= 11 is 0. The summed E-state index contributed by atoms with van der Waals surface area (Å²) in [5, 5.41) is 0. The normalized spacial score (nSPS) is 12.8. The molecule has 0 bridgehead atoms.